The smallest absolute Gasteiger partial charge is 0.126 e. The molecule has 1 saturated carbocycles. The zero-order chi connectivity index (χ0) is 14.0. The molecule has 0 amide bonds. The Labute approximate surface area is 114 Å². The minimum atomic E-state index is -0.406. The number of phenols is 1. The highest BCUT2D eigenvalue weighted by atomic mass is 19.1. The number of phenolic OH excluding ortho intramolecular Hbond substituents is 1. The molecule has 0 bridgehead atoms. The van der Waals surface area contributed by atoms with Crippen LogP contribution in [-0.2, 0) is 0 Å². The van der Waals surface area contributed by atoms with Gasteiger partial charge in [-0.15, -0.1) is 0 Å². The van der Waals surface area contributed by atoms with E-state index in [1.807, 2.05) is 6.92 Å². The summed E-state index contributed by atoms with van der Waals surface area (Å²) in [5.41, 5.74) is 6.59. The Morgan fingerprint density at radius 2 is 2.21 bits per heavy atom. The monoisotopic (exact) mass is 266 g/mol. The second kappa shape index (κ2) is 5.88. The molecule has 3 N–H and O–H groups in total. The number of nitrogens with two attached hydrogens (primary N) is 1. The first-order valence-electron chi connectivity index (χ1n) is 6.95. The van der Waals surface area contributed by atoms with Gasteiger partial charge in [0, 0.05) is 23.7 Å². The van der Waals surface area contributed by atoms with Crippen LogP contribution in [0.25, 0.3) is 0 Å². The Morgan fingerprint density at radius 1 is 1.47 bits per heavy atom. The summed E-state index contributed by atoms with van der Waals surface area (Å²) in [6.07, 6.45) is 3.53. The fourth-order valence-corrected chi connectivity index (χ4v) is 3.21. The summed E-state index contributed by atoms with van der Waals surface area (Å²) in [6.45, 7) is 2.75. The lowest BCUT2D eigenvalue weighted by molar-refractivity contribution is 0.150. The Balaban J connectivity index is 2.16. The van der Waals surface area contributed by atoms with Gasteiger partial charge in [0.1, 0.15) is 11.6 Å². The van der Waals surface area contributed by atoms with Gasteiger partial charge >= 0.3 is 0 Å². The standard InChI is InChI=1S/C15H23FN2O/c1-10(13-7-6-12(16)8-15(13)19)18(2)14-5-3-4-11(14)9-17/h6-8,10-11,14,19H,3-5,9,17H2,1-2H3. The van der Waals surface area contributed by atoms with Crippen molar-refractivity contribution in [2.45, 2.75) is 38.3 Å². The quantitative estimate of drug-likeness (QED) is 0.881. The minimum Gasteiger partial charge on any atom is -0.508 e. The van der Waals surface area contributed by atoms with Crippen molar-refractivity contribution in [1.29, 1.82) is 0 Å². The van der Waals surface area contributed by atoms with Crippen molar-refractivity contribution in [3.05, 3.63) is 29.6 Å². The topological polar surface area (TPSA) is 49.5 Å². The van der Waals surface area contributed by atoms with E-state index in [1.54, 1.807) is 6.07 Å². The zero-order valence-electron chi connectivity index (χ0n) is 11.6. The highest BCUT2D eigenvalue weighted by Gasteiger charge is 2.32. The largest absolute Gasteiger partial charge is 0.508 e. The van der Waals surface area contributed by atoms with Crippen LogP contribution in [-0.4, -0.2) is 29.6 Å². The molecule has 1 aliphatic carbocycles. The average molecular weight is 266 g/mol. The van der Waals surface area contributed by atoms with Crippen LogP contribution in [0, 0.1) is 11.7 Å². The summed E-state index contributed by atoms with van der Waals surface area (Å²) in [5.74, 6) is 0.147. The maximum absolute atomic E-state index is 13.0. The van der Waals surface area contributed by atoms with E-state index in [0.717, 1.165) is 12.0 Å². The molecule has 0 heterocycles. The summed E-state index contributed by atoms with van der Waals surface area (Å²) < 4.78 is 13.0. The molecular formula is C15H23FN2O. The number of nitrogens with zero attached hydrogens (tertiary/aromatic N) is 1. The maximum Gasteiger partial charge on any atom is 0.126 e. The molecule has 106 valence electrons. The first kappa shape index (κ1) is 14.3. The van der Waals surface area contributed by atoms with Crippen LogP contribution in [0.15, 0.2) is 18.2 Å². The molecule has 3 atom stereocenters. The van der Waals surface area contributed by atoms with Crippen LogP contribution in [0.3, 0.4) is 0 Å². The molecule has 1 fully saturated rings. The van der Waals surface area contributed by atoms with Gasteiger partial charge in [-0.25, -0.2) is 4.39 Å². The van der Waals surface area contributed by atoms with Crippen LogP contribution in [0.1, 0.15) is 37.8 Å². The van der Waals surface area contributed by atoms with E-state index in [4.69, 9.17) is 5.73 Å². The van der Waals surface area contributed by atoms with Gasteiger partial charge in [-0.05, 0) is 45.3 Å². The summed E-state index contributed by atoms with van der Waals surface area (Å²) in [7, 11) is 2.06. The molecule has 0 spiro atoms. The molecular weight excluding hydrogens is 243 g/mol. The molecule has 0 aromatic heterocycles. The Hall–Kier alpha value is -1.13. The fraction of sp³-hybridized carbons (Fsp3) is 0.600. The van der Waals surface area contributed by atoms with E-state index in [2.05, 4.69) is 11.9 Å². The summed E-state index contributed by atoms with van der Waals surface area (Å²) in [6, 6.07) is 4.74. The summed E-state index contributed by atoms with van der Waals surface area (Å²) in [5, 5.41) is 9.89. The predicted octanol–water partition coefficient (Wildman–Crippen LogP) is 2.65. The fourth-order valence-electron chi connectivity index (χ4n) is 3.21. The Bertz CT molecular complexity index is 438. The third kappa shape index (κ3) is 2.90. The van der Waals surface area contributed by atoms with Crippen molar-refractivity contribution < 1.29 is 9.50 Å². The van der Waals surface area contributed by atoms with E-state index >= 15 is 0 Å². The number of benzene rings is 1. The molecule has 1 aromatic rings. The third-order valence-electron chi connectivity index (χ3n) is 4.50. The van der Waals surface area contributed by atoms with Crippen LogP contribution in [0.4, 0.5) is 4.39 Å². The zero-order valence-corrected chi connectivity index (χ0v) is 11.6. The predicted molar refractivity (Wildman–Crippen MR) is 74.4 cm³/mol. The van der Waals surface area contributed by atoms with Gasteiger partial charge in [0.05, 0.1) is 0 Å². The van der Waals surface area contributed by atoms with Crippen LogP contribution >= 0.6 is 0 Å². The normalized spacial score (nSPS) is 24.9. The molecule has 19 heavy (non-hydrogen) atoms. The Morgan fingerprint density at radius 3 is 2.84 bits per heavy atom. The second-order valence-electron chi connectivity index (χ2n) is 5.54. The molecule has 4 heteroatoms. The number of aromatic hydroxyl groups is 1. The highest BCUT2D eigenvalue weighted by molar-refractivity contribution is 5.35. The molecule has 0 aliphatic heterocycles. The van der Waals surface area contributed by atoms with E-state index in [1.165, 1.54) is 25.0 Å². The van der Waals surface area contributed by atoms with Crippen LogP contribution in [0.5, 0.6) is 5.75 Å². The van der Waals surface area contributed by atoms with Crippen molar-refractivity contribution in [1.82, 2.24) is 4.90 Å². The van der Waals surface area contributed by atoms with Gasteiger partial charge in [-0.2, -0.15) is 0 Å². The first-order valence-corrected chi connectivity index (χ1v) is 6.95. The molecule has 0 radical (unpaired) electrons. The van der Waals surface area contributed by atoms with E-state index in [9.17, 15) is 9.50 Å². The SMILES string of the molecule is CC(c1ccc(F)cc1O)N(C)C1CCCC1CN. The second-order valence-corrected chi connectivity index (χ2v) is 5.54. The summed E-state index contributed by atoms with van der Waals surface area (Å²) in [4.78, 5) is 2.26. The number of rotatable bonds is 4. The molecule has 3 nitrogen and oxygen atoms in total. The number of hydrogen-bond donors (Lipinski definition) is 2. The third-order valence-corrected chi connectivity index (χ3v) is 4.50. The molecule has 3 unspecified atom stereocenters. The average Bonchev–Trinajstić information content (AvgIpc) is 2.85. The van der Waals surface area contributed by atoms with Gasteiger partial charge in [0.15, 0.2) is 0 Å². The molecule has 1 aliphatic rings. The first-order chi connectivity index (χ1) is 9.04. The lowest BCUT2D eigenvalue weighted by atomic mass is 9.98. The highest BCUT2D eigenvalue weighted by Crippen LogP contribution is 2.35. The molecule has 2 rings (SSSR count). The van der Waals surface area contributed by atoms with Crippen LogP contribution in [0.2, 0.25) is 0 Å². The van der Waals surface area contributed by atoms with Crippen molar-refractivity contribution >= 4 is 0 Å². The Kier molecular flexibility index (Phi) is 4.42. The lowest BCUT2D eigenvalue weighted by Crippen LogP contribution is -2.39. The summed E-state index contributed by atoms with van der Waals surface area (Å²) >= 11 is 0. The van der Waals surface area contributed by atoms with E-state index in [0.29, 0.717) is 18.5 Å². The van der Waals surface area contributed by atoms with Crippen LogP contribution < -0.4 is 5.73 Å². The van der Waals surface area contributed by atoms with Crippen molar-refractivity contribution in [2.75, 3.05) is 13.6 Å². The van der Waals surface area contributed by atoms with Crippen molar-refractivity contribution in [3.8, 4) is 5.75 Å². The van der Waals surface area contributed by atoms with E-state index < -0.39 is 5.82 Å². The lowest BCUT2D eigenvalue weighted by Gasteiger charge is -2.34. The van der Waals surface area contributed by atoms with Gasteiger partial charge in [0.25, 0.3) is 0 Å². The van der Waals surface area contributed by atoms with Crippen molar-refractivity contribution in [3.63, 3.8) is 0 Å². The van der Waals surface area contributed by atoms with Gasteiger partial charge in [0.2, 0.25) is 0 Å². The maximum atomic E-state index is 13.0. The number of hydrogen-bond acceptors (Lipinski definition) is 3. The van der Waals surface area contributed by atoms with Gasteiger partial charge in [-0.1, -0.05) is 12.5 Å². The molecule has 0 saturated heterocycles. The number of halogens is 1. The van der Waals surface area contributed by atoms with Crippen molar-refractivity contribution in [2.24, 2.45) is 11.7 Å². The van der Waals surface area contributed by atoms with Gasteiger partial charge in [-0.3, -0.25) is 4.90 Å². The minimum absolute atomic E-state index is 0.0293. The molecule has 1 aromatic carbocycles. The van der Waals surface area contributed by atoms with Gasteiger partial charge < -0.3 is 10.8 Å². The van der Waals surface area contributed by atoms with E-state index in [-0.39, 0.29) is 11.8 Å².